The molecule has 21 heavy (non-hydrogen) atoms. The molecule has 2 aromatic rings. The normalized spacial score (nSPS) is 19.8. The third-order valence-corrected chi connectivity index (χ3v) is 4.15. The van der Waals surface area contributed by atoms with Gasteiger partial charge in [-0.05, 0) is 44.4 Å². The van der Waals surface area contributed by atoms with E-state index in [-0.39, 0.29) is 0 Å². The number of hydrogen-bond donors (Lipinski definition) is 1. The molecule has 2 heterocycles. The van der Waals surface area contributed by atoms with Gasteiger partial charge in [0.15, 0.2) is 0 Å². The van der Waals surface area contributed by atoms with Crippen molar-refractivity contribution in [3.8, 4) is 5.69 Å². The van der Waals surface area contributed by atoms with Gasteiger partial charge in [0.05, 0.1) is 11.9 Å². The molecule has 2 unspecified atom stereocenters. The van der Waals surface area contributed by atoms with E-state index in [1.54, 1.807) is 0 Å². The molecule has 1 aliphatic rings. The van der Waals surface area contributed by atoms with E-state index < -0.39 is 0 Å². The molecule has 112 valence electrons. The lowest BCUT2D eigenvalue weighted by molar-refractivity contribution is 0.184. The molecule has 1 aliphatic heterocycles. The second-order valence-electron chi connectivity index (χ2n) is 5.75. The van der Waals surface area contributed by atoms with Crippen molar-refractivity contribution in [3.63, 3.8) is 0 Å². The standard InChI is InChI=1S/C17H23N3O/c1-14(18-9-7-15-8-10-21-13-15)16-11-19-20(12-16)17-5-3-2-4-6-17/h2-6,11-12,14-15,18H,7-10,13H2,1H3. The third kappa shape index (κ3) is 3.71. The summed E-state index contributed by atoms with van der Waals surface area (Å²) in [5.74, 6) is 0.733. The minimum atomic E-state index is 0.324. The van der Waals surface area contributed by atoms with E-state index in [0.717, 1.165) is 31.4 Å². The van der Waals surface area contributed by atoms with Crippen LogP contribution in [0.3, 0.4) is 0 Å². The van der Waals surface area contributed by atoms with Gasteiger partial charge in [-0.3, -0.25) is 0 Å². The highest BCUT2D eigenvalue weighted by Crippen LogP contribution is 2.17. The Balaban J connectivity index is 1.53. The minimum Gasteiger partial charge on any atom is -0.381 e. The number of aromatic nitrogens is 2. The summed E-state index contributed by atoms with van der Waals surface area (Å²) in [5.41, 5.74) is 2.32. The summed E-state index contributed by atoms with van der Waals surface area (Å²) in [6.07, 6.45) is 6.45. The van der Waals surface area contributed by atoms with Gasteiger partial charge in [0.25, 0.3) is 0 Å². The van der Waals surface area contributed by atoms with Crippen LogP contribution in [0.5, 0.6) is 0 Å². The fourth-order valence-corrected chi connectivity index (χ4v) is 2.72. The first-order valence-corrected chi connectivity index (χ1v) is 7.74. The molecule has 4 heteroatoms. The molecule has 0 radical (unpaired) electrons. The van der Waals surface area contributed by atoms with Crippen molar-refractivity contribution in [1.29, 1.82) is 0 Å². The molecule has 1 aromatic heterocycles. The van der Waals surface area contributed by atoms with Crippen molar-refractivity contribution in [2.45, 2.75) is 25.8 Å². The predicted molar refractivity (Wildman–Crippen MR) is 83.5 cm³/mol. The molecule has 0 aliphatic carbocycles. The number of nitrogens with one attached hydrogen (secondary N) is 1. The second-order valence-corrected chi connectivity index (χ2v) is 5.75. The van der Waals surface area contributed by atoms with Crippen molar-refractivity contribution in [2.75, 3.05) is 19.8 Å². The monoisotopic (exact) mass is 285 g/mol. The van der Waals surface area contributed by atoms with Gasteiger partial charge in [-0.2, -0.15) is 5.10 Å². The van der Waals surface area contributed by atoms with Crippen LogP contribution in [0.2, 0.25) is 0 Å². The first kappa shape index (κ1) is 14.3. The summed E-state index contributed by atoms with van der Waals surface area (Å²) in [4.78, 5) is 0. The molecule has 1 fully saturated rings. The van der Waals surface area contributed by atoms with Crippen LogP contribution in [0, 0.1) is 5.92 Å². The number of nitrogens with zero attached hydrogens (tertiary/aromatic N) is 2. The quantitative estimate of drug-likeness (QED) is 0.887. The summed E-state index contributed by atoms with van der Waals surface area (Å²) in [6, 6.07) is 10.5. The number of rotatable bonds is 6. The maximum absolute atomic E-state index is 5.41. The summed E-state index contributed by atoms with van der Waals surface area (Å²) in [7, 11) is 0. The zero-order chi connectivity index (χ0) is 14.5. The highest BCUT2D eigenvalue weighted by atomic mass is 16.5. The van der Waals surface area contributed by atoms with Crippen molar-refractivity contribution < 1.29 is 4.74 Å². The Labute approximate surface area is 126 Å². The van der Waals surface area contributed by atoms with E-state index in [9.17, 15) is 0 Å². The first-order chi connectivity index (χ1) is 10.3. The van der Waals surface area contributed by atoms with Crippen molar-refractivity contribution in [1.82, 2.24) is 15.1 Å². The van der Waals surface area contributed by atoms with Crippen molar-refractivity contribution >= 4 is 0 Å². The number of para-hydroxylation sites is 1. The Hall–Kier alpha value is -1.65. The van der Waals surface area contributed by atoms with E-state index in [0.29, 0.717) is 6.04 Å². The number of benzene rings is 1. The molecule has 1 aromatic carbocycles. The van der Waals surface area contributed by atoms with E-state index in [2.05, 4.69) is 35.7 Å². The van der Waals surface area contributed by atoms with Gasteiger partial charge in [0, 0.05) is 31.0 Å². The van der Waals surface area contributed by atoms with Crippen LogP contribution in [0.15, 0.2) is 42.7 Å². The molecule has 0 saturated carbocycles. The van der Waals surface area contributed by atoms with Gasteiger partial charge in [0.2, 0.25) is 0 Å². The molecule has 1 saturated heterocycles. The maximum Gasteiger partial charge on any atom is 0.0645 e. The Morgan fingerprint density at radius 1 is 1.38 bits per heavy atom. The highest BCUT2D eigenvalue weighted by molar-refractivity contribution is 5.31. The van der Waals surface area contributed by atoms with Crippen LogP contribution in [0.4, 0.5) is 0 Å². The molecular weight excluding hydrogens is 262 g/mol. The summed E-state index contributed by atoms with van der Waals surface area (Å²) < 4.78 is 7.34. The average Bonchev–Trinajstić information content (AvgIpc) is 3.20. The topological polar surface area (TPSA) is 39.1 Å². The molecule has 0 spiro atoms. The molecule has 0 bridgehead atoms. The number of hydrogen-bond acceptors (Lipinski definition) is 3. The molecular formula is C17H23N3O. The van der Waals surface area contributed by atoms with Gasteiger partial charge < -0.3 is 10.1 Å². The molecule has 0 amide bonds. The van der Waals surface area contributed by atoms with E-state index in [1.807, 2.05) is 29.1 Å². The predicted octanol–water partition coefficient (Wildman–Crippen LogP) is 2.95. The highest BCUT2D eigenvalue weighted by Gasteiger charge is 2.15. The molecule has 3 rings (SSSR count). The van der Waals surface area contributed by atoms with Gasteiger partial charge >= 0.3 is 0 Å². The molecule has 4 nitrogen and oxygen atoms in total. The summed E-state index contributed by atoms with van der Waals surface area (Å²) >= 11 is 0. The molecule has 1 N–H and O–H groups in total. The Morgan fingerprint density at radius 2 is 2.24 bits per heavy atom. The summed E-state index contributed by atoms with van der Waals surface area (Å²) in [6.45, 7) is 5.09. The van der Waals surface area contributed by atoms with Crippen molar-refractivity contribution in [3.05, 3.63) is 48.3 Å². The van der Waals surface area contributed by atoms with Crippen LogP contribution in [-0.4, -0.2) is 29.5 Å². The Morgan fingerprint density at radius 3 is 3.00 bits per heavy atom. The lowest BCUT2D eigenvalue weighted by Gasteiger charge is -2.13. The Bertz CT molecular complexity index is 546. The van der Waals surface area contributed by atoms with Gasteiger partial charge in [-0.1, -0.05) is 18.2 Å². The lowest BCUT2D eigenvalue weighted by Crippen LogP contribution is -2.21. The SMILES string of the molecule is CC(NCCC1CCOC1)c1cnn(-c2ccccc2)c1. The van der Waals surface area contributed by atoms with Gasteiger partial charge in [-0.15, -0.1) is 0 Å². The lowest BCUT2D eigenvalue weighted by atomic mass is 10.0. The Kier molecular flexibility index (Phi) is 4.68. The maximum atomic E-state index is 5.41. The third-order valence-electron chi connectivity index (χ3n) is 4.15. The second kappa shape index (κ2) is 6.87. The van der Waals surface area contributed by atoms with Crippen molar-refractivity contribution in [2.24, 2.45) is 5.92 Å². The van der Waals surface area contributed by atoms with Gasteiger partial charge in [-0.25, -0.2) is 4.68 Å². The summed E-state index contributed by atoms with van der Waals surface area (Å²) in [5, 5.41) is 8.03. The average molecular weight is 285 g/mol. The fourth-order valence-electron chi connectivity index (χ4n) is 2.72. The first-order valence-electron chi connectivity index (χ1n) is 7.74. The smallest absolute Gasteiger partial charge is 0.0645 e. The zero-order valence-corrected chi connectivity index (χ0v) is 12.5. The van der Waals surface area contributed by atoms with E-state index >= 15 is 0 Å². The van der Waals surface area contributed by atoms with Crippen LogP contribution >= 0.6 is 0 Å². The van der Waals surface area contributed by atoms with Crippen LogP contribution in [0.1, 0.15) is 31.4 Å². The van der Waals surface area contributed by atoms with Crippen LogP contribution in [0.25, 0.3) is 5.69 Å². The van der Waals surface area contributed by atoms with Crippen LogP contribution < -0.4 is 5.32 Å². The van der Waals surface area contributed by atoms with Crippen LogP contribution in [-0.2, 0) is 4.74 Å². The van der Waals surface area contributed by atoms with Gasteiger partial charge in [0.1, 0.15) is 0 Å². The van der Waals surface area contributed by atoms with E-state index in [4.69, 9.17) is 4.74 Å². The van der Waals surface area contributed by atoms with E-state index in [1.165, 1.54) is 18.4 Å². The fraction of sp³-hybridized carbons (Fsp3) is 0.471. The minimum absolute atomic E-state index is 0.324. The number of ether oxygens (including phenoxy) is 1. The zero-order valence-electron chi connectivity index (χ0n) is 12.5. The largest absolute Gasteiger partial charge is 0.381 e. The molecule has 2 atom stereocenters.